The molecule has 4 heteroatoms. The maximum atomic E-state index is 12.7. The van der Waals surface area contributed by atoms with Crippen molar-refractivity contribution in [1.29, 1.82) is 0 Å². The van der Waals surface area contributed by atoms with Crippen molar-refractivity contribution in [3.05, 3.63) is 23.8 Å². The van der Waals surface area contributed by atoms with Gasteiger partial charge in [-0.2, -0.15) is 0 Å². The van der Waals surface area contributed by atoms with Crippen LogP contribution in [0.4, 0.5) is 17.6 Å². The molecule has 0 unspecified atom stereocenters. The van der Waals surface area contributed by atoms with Gasteiger partial charge in [-0.05, 0) is 24.8 Å². The second kappa shape index (κ2) is 6.71. The lowest BCUT2D eigenvalue weighted by atomic mass is 9.97. The SMILES string of the molecule is C=C/C(CC)=C(/CC)CCC(F)(F)C(F)F. The predicted molar refractivity (Wildman–Crippen MR) is 58.0 cm³/mol. The third-order valence-corrected chi connectivity index (χ3v) is 2.59. The average Bonchev–Trinajstić information content (AvgIpc) is 2.23. The number of allylic oxidation sites excluding steroid dienone is 3. The second-order valence-corrected chi connectivity index (χ2v) is 3.60. The van der Waals surface area contributed by atoms with E-state index in [1.807, 2.05) is 13.8 Å². The van der Waals surface area contributed by atoms with Gasteiger partial charge >= 0.3 is 12.3 Å². The van der Waals surface area contributed by atoms with Gasteiger partial charge in [-0.1, -0.05) is 32.1 Å². The summed E-state index contributed by atoms with van der Waals surface area (Å²) in [6.07, 6.45) is -1.49. The normalized spacial score (nSPS) is 13.9. The molecule has 0 radical (unpaired) electrons. The molecular formula is C12H18F4. The zero-order valence-electron chi connectivity index (χ0n) is 9.70. The molecule has 0 N–H and O–H groups in total. The van der Waals surface area contributed by atoms with Crippen molar-refractivity contribution >= 4 is 0 Å². The fourth-order valence-corrected chi connectivity index (χ4v) is 1.53. The van der Waals surface area contributed by atoms with Crippen LogP contribution in [0, 0.1) is 0 Å². The Morgan fingerprint density at radius 3 is 2.12 bits per heavy atom. The molecule has 16 heavy (non-hydrogen) atoms. The smallest absolute Gasteiger partial charge is 0.204 e. The summed E-state index contributed by atoms with van der Waals surface area (Å²) in [5.41, 5.74) is 1.67. The van der Waals surface area contributed by atoms with Crippen LogP contribution in [0.5, 0.6) is 0 Å². The van der Waals surface area contributed by atoms with Crippen molar-refractivity contribution < 1.29 is 17.6 Å². The van der Waals surface area contributed by atoms with Crippen LogP contribution in [0.1, 0.15) is 39.5 Å². The van der Waals surface area contributed by atoms with Crippen LogP contribution in [-0.4, -0.2) is 12.3 Å². The molecule has 0 amide bonds. The van der Waals surface area contributed by atoms with Gasteiger partial charge in [0.15, 0.2) is 0 Å². The highest BCUT2D eigenvalue weighted by Gasteiger charge is 2.39. The molecule has 0 aliphatic carbocycles. The maximum Gasteiger partial charge on any atom is 0.307 e. The first-order valence-electron chi connectivity index (χ1n) is 5.38. The summed E-state index contributed by atoms with van der Waals surface area (Å²) in [6, 6.07) is 0. The monoisotopic (exact) mass is 238 g/mol. The highest BCUT2D eigenvalue weighted by atomic mass is 19.3. The van der Waals surface area contributed by atoms with Crippen molar-refractivity contribution in [3.8, 4) is 0 Å². The number of hydrogen-bond donors (Lipinski definition) is 0. The van der Waals surface area contributed by atoms with Crippen LogP contribution < -0.4 is 0 Å². The lowest BCUT2D eigenvalue weighted by molar-refractivity contribution is -0.132. The van der Waals surface area contributed by atoms with E-state index < -0.39 is 18.8 Å². The number of halogens is 4. The second-order valence-electron chi connectivity index (χ2n) is 3.60. The van der Waals surface area contributed by atoms with Crippen LogP contribution in [-0.2, 0) is 0 Å². The minimum atomic E-state index is -3.89. The Morgan fingerprint density at radius 1 is 1.25 bits per heavy atom. The van der Waals surface area contributed by atoms with Crippen molar-refractivity contribution in [1.82, 2.24) is 0 Å². The van der Waals surface area contributed by atoms with Crippen molar-refractivity contribution in [3.63, 3.8) is 0 Å². The van der Waals surface area contributed by atoms with Gasteiger partial charge in [0.2, 0.25) is 0 Å². The van der Waals surface area contributed by atoms with Crippen molar-refractivity contribution in [2.24, 2.45) is 0 Å². The molecule has 0 heterocycles. The number of hydrogen-bond acceptors (Lipinski definition) is 0. The Kier molecular flexibility index (Phi) is 6.38. The summed E-state index contributed by atoms with van der Waals surface area (Å²) in [5.74, 6) is -3.89. The zero-order chi connectivity index (χ0) is 12.8. The Morgan fingerprint density at radius 2 is 1.81 bits per heavy atom. The van der Waals surface area contributed by atoms with E-state index in [9.17, 15) is 17.6 Å². The fraction of sp³-hybridized carbons (Fsp3) is 0.667. The van der Waals surface area contributed by atoms with Crippen LogP contribution >= 0.6 is 0 Å². The minimum absolute atomic E-state index is 0.00301. The van der Waals surface area contributed by atoms with Gasteiger partial charge in [0.05, 0.1) is 0 Å². The standard InChI is InChI=1S/C12H18F4/c1-4-9(5-2)10(6-3)7-8-12(15,16)11(13)14/h4,11H,1,5-8H2,2-3H3/b10-9+. The molecule has 0 aromatic rings. The van der Waals surface area contributed by atoms with E-state index in [0.29, 0.717) is 12.8 Å². The first-order chi connectivity index (χ1) is 7.38. The number of alkyl halides is 4. The Labute approximate surface area is 94.0 Å². The molecule has 0 fully saturated rings. The van der Waals surface area contributed by atoms with Gasteiger partial charge in [0.1, 0.15) is 0 Å². The third-order valence-electron chi connectivity index (χ3n) is 2.59. The Balaban J connectivity index is 4.59. The molecule has 0 bridgehead atoms. The van der Waals surface area contributed by atoms with Crippen LogP contribution in [0.3, 0.4) is 0 Å². The molecule has 0 aromatic carbocycles. The van der Waals surface area contributed by atoms with Gasteiger partial charge in [0.25, 0.3) is 0 Å². The highest BCUT2D eigenvalue weighted by molar-refractivity contribution is 5.23. The molecule has 94 valence electrons. The van der Waals surface area contributed by atoms with E-state index in [1.54, 1.807) is 6.08 Å². The maximum absolute atomic E-state index is 12.7. The minimum Gasteiger partial charge on any atom is -0.204 e. The molecule has 0 aromatic heterocycles. The van der Waals surface area contributed by atoms with Crippen LogP contribution in [0.25, 0.3) is 0 Å². The number of rotatable bonds is 7. The van der Waals surface area contributed by atoms with E-state index in [-0.39, 0.29) is 6.42 Å². The first-order valence-corrected chi connectivity index (χ1v) is 5.38. The fourth-order valence-electron chi connectivity index (χ4n) is 1.53. The quantitative estimate of drug-likeness (QED) is 0.434. The highest BCUT2D eigenvalue weighted by Crippen LogP contribution is 2.31. The van der Waals surface area contributed by atoms with Gasteiger partial charge in [-0.3, -0.25) is 0 Å². The molecule has 0 saturated heterocycles. The Hall–Kier alpha value is -0.800. The van der Waals surface area contributed by atoms with Gasteiger partial charge in [-0.15, -0.1) is 0 Å². The van der Waals surface area contributed by atoms with Crippen LogP contribution in [0.2, 0.25) is 0 Å². The van der Waals surface area contributed by atoms with Crippen LogP contribution in [0.15, 0.2) is 23.8 Å². The molecule has 0 nitrogen and oxygen atoms in total. The zero-order valence-corrected chi connectivity index (χ0v) is 9.70. The van der Waals surface area contributed by atoms with Crippen molar-refractivity contribution in [2.45, 2.75) is 51.9 Å². The summed E-state index contributed by atoms with van der Waals surface area (Å²) < 4.78 is 49.3. The molecule has 0 aliphatic rings. The van der Waals surface area contributed by atoms with E-state index in [1.165, 1.54) is 0 Å². The van der Waals surface area contributed by atoms with E-state index in [4.69, 9.17) is 0 Å². The first kappa shape index (κ1) is 15.2. The summed E-state index contributed by atoms with van der Waals surface area (Å²) in [4.78, 5) is 0. The summed E-state index contributed by atoms with van der Waals surface area (Å²) in [5, 5.41) is 0. The van der Waals surface area contributed by atoms with Gasteiger partial charge < -0.3 is 0 Å². The summed E-state index contributed by atoms with van der Waals surface area (Å²) in [6.45, 7) is 7.30. The largest absolute Gasteiger partial charge is 0.307 e. The molecule has 0 rings (SSSR count). The molecule has 0 saturated carbocycles. The lowest BCUT2D eigenvalue weighted by Gasteiger charge is -2.17. The Bertz CT molecular complexity index is 254. The van der Waals surface area contributed by atoms with Gasteiger partial charge in [-0.25, -0.2) is 17.6 Å². The van der Waals surface area contributed by atoms with Crippen molar-refractivity contribution in [2.75, 3.05) is 0 Å². The van der Waals surface area contributed by atoms with E-state index >= 15 is 0 Å². The summed E-state index contributed by atoms with van der Waals surface area (Å²) >= 11 is 0. The molecule has 0 aliphatic heterocycles. The third kappa shape index (κ3) is 4.37. The molecule has 0 spiro atoms. The van der Waals surface area contributed by atoms with E-state index in [0.717, 1.165) is 11.1 Å². The average molecular weight is 238 g/mol. The van der Waals surface area contributed by atoms with E-state index in [2.05, 4.69) is 6.58 Å². The molecule has 0 atom stereocenters. The topological polar surface area (TPSA) is 0 Å². The lowest BCUT2D eigenvalue weighted by Crippen LogP contribution is -2.26. The van der Waals surface area contributed by atoms with Gasteiger partial charge in [0, 0.05) is 6.42 Å². The molecular weight excluding hydrogens is 220 g/mol. The summed E-state index contributed by atoms with van der Waals surface area (Å²) in [7, 11) is 0. The predicted octanol–water partition coefficient (Wildman–Crippen LogP) is 4.97.